The summed E-state index contributed by atoms with van der Waals surface area (Å²) in [6, 6.07) is 0.251. The summed E-state index contributed by atoms with van der Waals surface area (Å²) in [5.41, 5.74) is 1.13. The van der Waals surface area contributed by atoms with Crippen molar-refractivity contribution in [3.8, 4) is 0 Å². The van der Waals surface area contributed by atoms with Gasteiger partial charge in [-0.1, -0.05) is 6.42 Å². The molecule has 1 fully saturated rings. The van der Waals surface area contributed by atoms with Crippen molar-refractivity contribution in [2.75, 3.05) is 20.1 Å². The van der Waals surface area contributed by atoms with Crippen LogP contribution in [0, 0.1) is 13.8 Å². The van der Waals surface area contributed by atoms with E-state index in [9.17, 15) is 8.42 Å². The molecule has 19 heavy (non-hydrogen) atoms. The molecule has 0 bridgehead atoms. The van der Waals surface area contributed by atoms with Gasteiger partial charge in [0.05, 0.1) is 11.4 Å². The van der Waals surface area contributed by atoms with Crippen LogP contribution >= 0.6 is 0 Å². The summed E-state index contributed by atoms with van der Waals surface area (Å²) in [5, 5.41) is 10.1. The number of hydrogen-bond acceptors (Lipinski definition) is 4. The number of rotatable bonds is 4. The van der Waals surface area contributed by atoms with Crippen LogP contribution in [0.3, 0.4) is 0 Å². The van der Waals surface area contributed by atoms with Gasteiger partial charge in [-0.2, -0.15) is 9.40 Å². The number of aryl methyl sites for hydroxylation is 2. The van der Waals surface area contributed by atoms with E-state index in [-0.39, 0.29) is 6.04 Å². The molecule has 0 aliphatic carbocycles. The van der Waals surface area contributed by atoms with Gasteiger partial charge in [0.15, 0.2) is 0 Å². The number of nitrogens with one attached hydrogen (secondary N) is 2. The molecule has 0 aromatic carbocycles. The fourth-order valence-electron chi connectivity index (χ4n) is 2.56. The van der Waals surface area contributed by atoms with Gasteiger partial charge in [0, 0.05) is 19.6 Å². The molecular weight excluding hydrogens is 264 g/mol. The predicted octanol–water partition coefficient (Wildman–Crippen LogP) is 0.789. The molecule has 2 rings (SSSR count). The van der Waals surface area contributed by atoms with E-state index in [1.54, 1.807) is 20.9 Å². The SMILES string of the molecule is Cc1n[nH]c(C)c1S(=O)(=O)N(C)CC1CCCCN1. The van der Waals surface area contributed by atoms with Crippen LogP contribution in [0.25, 0.3) is 0 Å². The van der Waals surface area contributed by atoms with Crippen molar-refractivity contribution in [1.82, 2.24) is 19.8 Å². The molecule has 1 saturated heterocycles. The Labute approximate surface area is 114 Å². The lowest BCUT2D eigenvalue weighted by Gasteiger charge is -2.27. The van der Waals surface area contributed by atoms with E-state index in [4.69, 9.17) is 0 Å². The summed E-state index contributed by atoms with van der Waals surface area (Å²) in [5.74, 6) is 0. The Morgan fingerprint density at radius 1 is 1.37 bits per heavy atom. The van der Waals surface area contributed by atoms with Crippen LogP contribution in [0.4, 0.5) is 0 Å². The van der Waals surface area contributed by atoms with Crippen LogP contribution in [-0.4, -0.2) is 49.1 Å². The topological polar surface area (TPSA) is 78.1 Å². The molecule has 2 N–H and O–H groups in total. The lowest BCUT2D eigenvalue weighted by Crippen LogP contribution is -2.44. The Morgan fingerprint density at radius 2 is 2.11 bits per heavy atom. The molecule has 1 aromatic rings. The van der Waals surface area contributed by atoms with Crippen LogP contribution in [0.1, 0.15) is 30.7 Å². The largest absolute Gasteiger partial charge is 0.313 e. The van der Waals surface area contributed by atoms with Crippen molar-refractivity contribution in [2.24, 2.45) is 0 Å². The quantitative estimate of drug-likeness (QED) is 0.858. The Balaban J connectivity index is 2.15. The van der Waals surface area contributed by atoms with Gasteiger partial charge in [0.1, 0.15) is 4.90 Å². The minimum absolute atomic E-state index is 0.251. The first-order chi connectivity index (χ1) is 8.93. The van der Waals surface area contributed by atoms with Crippen molar-refractivity contribution >= 4 is 10.0 Å². The Bertz CT molecular complexity index is 512. The summed E-state index contributed by atoms with van der Waals surface area (Å²) < 4.78 is 26.5. The predicted molar refractivity (Wildman–Crippen MR) is 73.5 cm³/mol. The molecule has 0 amide bonds. The highest BCUT2D eigenvalue weighted by atomic mass is 32.2. The van der Waals surface area contributed by atoms with Gasteiger partial charge in [0.25, 0.3) is 0 Å². The van der Waals surface area contributed by atoms with Crippen molar-refractivity contribution in [1.29, 1.82) is 0 Å². The van der Waals surface area contributed by atoms with Gasteiger partial charge in [-0.15, -0.1) is 0 Å². The molecule has 1 aliphatic heterocycles. The summed E-state index contributed by atoms with van der Waals surface area (Å²) in [6.45, 7) is 4.93. The van der Waals surface area contributed by atoms with Gasteiger partial charge >= 0.3 is 0 Å². The number of H-pyrrole nitrogens is 1. The lowest BCUT2D eigenvalue weighted by molar-refractivity contribution is 0.337. The minimum Gasteiger partial charge on any atom is -0.313 e. The second-order valence-corrected chi connectivity index (χ2v) is 7.18. The van der Waals surface area contributed by atoms with Gasteiger partial charge in [-0.3, -0.25) is 5.10 Å². The smallest absolute Gasteiger partial charge is 0.246 e. The average molecular weight is 286 g/mol. The molecule has 108 valence electrons. The van der Waals surface area contributed by atoms with Crippen LogP contribution in [0.15, 0.2) is 4.90 Å². The van der Waals surface area contributed by atoms with Crippen molar-refractivity contribution in [3.63, 3.8) is 0 Å². The number of piperidine rings is 1. The second kappa shape index (κ2) is 5.60. The number of aromatic amines is 1. The molecule has 0 radical (unpaired) electrons. The number of nitrogens with zero attached hydrogens (tertiary/aromatic N) is 2. The fraction of sp³-hybridized carbons (Fsp3) is 0.750. The van der Waals surface area contributed by atoms with E-state index in [0.717, 1.165) is 19.4 Å². The van der Waals surface area contributed by atoms with E-state index >= 15 is 0 Å². The van der Waals surface area contributed by atoms with E-state index in [1.807, 2.05) is 0 Å². The summed E-state index contributed by atoms with van der Waals surface area (Å²) in [6.07, 6.45) is 3.37. The first kappa shape index (κ1) is 14.5. The zero-order chi connectivity index (χ0) is 14.0. The number of hydrogen-bond donors (Lipinski definition) is 2. The summed E-state index contributed by atoms with van der Waals surface area (Å²) >= 11 is 0. The standard InChI is InChI=1S/C12H22N4O2S/c1-9-12(10(2)15-14-9)19(17,18)16(3)8-11-6-4-5-7-13-11/h11,13H,4-8H2,1-3H3,(H,14,15). The van der Waals surface area contributed by atoms with E-state index in [1.165, 1.54) is 10.7 Å². The number of likely N-dealkylation sites (N-methyl/N-ethyl adjacent to an activating group) is 1. The Hall–Kier alpha value is -0.920. The third-order valence-electron chi connectivity index (χ3n) is 3.62. The van der Waals surface area contributed by atoms with Crippen molar-refractivity contribution in [2.45, 2.75) is 44.0 Å². The molecular formula is C12H22N4O2S. The van der Waals surface area contributed by atoms with Crippen molar-refractivity contribution < 1.29 is 8.42 Å². The molecule has 1 atom stereocenters. The zero-order valence-electron chi connectivity index (χ0n) is 11.7. The average Bonchev–Trinajstić information content (AvgIpc) is 2.70. The van der Waals surface area contributed by atoms with Gasteiger partial charge in [-0.25, -0.2) is 8.42 Å². The van der Waals surface area contributed by atoms with E-state index in [2.05, 4.69) is 15.5 Å². The van der Waals surface area contributed by atoms with Gasteiger partial charge in [0.2, 0.25) is 10.0 Å². The maximum Gasteiger partial charge on any atom is 0.246 e. The van der Waals surface area contributed by atoms with Crippen LogP contribution in [0.5, 0.6) is 0 Å². The second-order valence-electron chi connectivity index (χ2n) is 5.20. The zero-order valence-corrected chi connectivity index (χ0v) is 12.5. The molecule has 1 aliphatic rings. The molecule has 0 saturated carbocycles. The highest BCUT2D eigenvalue weighted by Gasteiger charge is 2.28. The maximum absolute atomic E-state index is 12.5. The minimum atomic E-state index is -3.46. The normalized spacial score (nSPS) is 20.9. The number of sulfonamides is 1. The van der Waals surface area contributed by atoms with Gasteiger partial charge < -0.3 is 5.32 Å². The van der Waals surface area contributed by atoms with Crippen LogP contribution in [0.2, 0.25) is 0 Å². The molecule has 2 heterocycles. The molecule has 7 heteroatoms. The highest BCUT2D eigenvalue weighted by molar-refractivity contribution is 7.89. The monoisotopic (exact) mass is 286 g/mol. The Kier molecular flexibility index (Phi) is 4.27. The van der Waals surface area contributed by atoms with E-state index in [0.29, 0.717) is 22.8 Å². The molecule has 6 nitrogen and oxygen atoms in total. The van der Waals surface area contributed by atoms with Crippen LogP contribution in [-0.2, 0) is 10.0 Å². The molecule has 1 aromatic heterocycles. The highest BCUT2D eigenvalue weighted by Crippen LogP contribution is 2.21. The Morgan fingerprint density at radius 3 is 2.63 bits per heavy atom. The maximum atomic E-state index is 12.5. The van der Waals surface area contributed by atoms with Crippen LogP contribution < -0.4 is 5.32 Å². The van der Waals surface area contributed by atoms with Gasteiger partial charge in [-0.05, 0) is 33.2 Å². The third kappa shape index (κ3) is 2.98. The first-order valence-corrected chi connectivity index (χ1v) is 8.08. The fourth-order valence-corrected chi connectivity index (χ4v) is 4.10. The molecule has 0 spiro atoms. The number of aromatic nitrogens is 2. The summed E-state index contributed by atoms with van der Waals surface area (Å²) in [4.78, 5) is 0.311. The summed E-state index contributed by atoms with van der Waals surface area (Å²) in [7, 11) is -1.82. The van der Waals surface area contributed by atoms with Crippen molar-refractivity contribution in [3.05, 3.63) is 11.4 Å². The third-order valence-corrected chi connectivity index (χ3v) is 5.71. The molecule has 1 unspecified atom stereocenters. The van der Waals surface area contributed by atoms with E-state index < -0.39 is 10.0 Å². The first-order valence-electron chi connectivity index (χ1n) is 6.64. The lowest BCUT2D eigenvalue weighted by atomic mass is 10.1.